The van der Waals surface area contributed by atoms with Gasteiger partial charge in [-0.05, 0) is 30.0 Å². The van der Waals surface area contributed by atoms with Gasteiger partial charge in [0.2, 0.25) is 0 Å². The van der Waals surface area contributed by atoms with E-state index in [1.807, 2.05) is 17.7 Å². The molecule has 1 aromatic heterocycles. The molecule has 1 aromatic carbocycles. The zero-order chi connectivity index (χ0) is 14.8. The Kier molecular flexibility index (Phi) is 3.73. The molecule has 4 nitrogen and oxygen atoms in total. The first-order valence-electron chi connectivity index (χ1n) is 7.02. The molecule has 0 bridgehead atoms. The third-order valence-corrected chi connectivity index (χ3v) is 3.89. The molecule has 0 unspecified atom stereocenters. The Hall–Kier alpha value is -2.17. The van der Waals surface area contributed by atoms with Gasteiger partial charge in [0.15, 0.2) is 0 Å². The maximum atomic E-state index is 13.2. The van der Waals surface area contributed by atoms with Gasteiger partial charge in [0, 0.05) is 25.4 Å². The highest BCUT2D eigenvalue weighted by Gasteiger charge is 2.45. The highest BCUT2D eigenvalue weighted by atomic mass is 19.1. The largest absolute Gasteiger partial charge is 0.465 e. The summed E-state index contributed by atoms with van der Waals surface area (Å²) in [7, 11) is 1.91. The molecule has 2 aromatic rings. The number of aryl methyl sites for hydroxylation is 1. The molecule has 5 heteroatoms. The van der Waals surface area contributed by atoms with Crippen LogP contribution in [-0.4, -0.2) is 22.1 Å². The molecule has 0 aliphatic heterocycles. The van der Waals surface area contributed by atoms with Gasteiger partial charge in [-0.1, -0.05) is 12.1 Å². The molecule has 2 atom stereocenters. The number of hydrogen-bond donors (Lipinski definition) is 0. The Bertz CT molecular complexity index is 653. The van der Waals surface area contributed by atoms with Crippen molar-refractivity contribution in [3.05, 3.63) is 53.9 Å². The summed E-state index contributed by atoms with van der Waals surface area (Å²) in [6.07, 6.45) is 4.88. The second-order valence-corrected chi connectivity index (χ2v) is 5.42. The van der Waals surface area contributed by atoms with Crippen molar-refractivity contribution < 1.29 is 13.9 Å². The highest BCUT2D eigenvalue weighted by Crippen LogP contribution is 2.48. The summed E-state index contributed by atoms with van der Waals surface area (Å²) in [6, 6.07) is 6.44. The molecule has 3 rings (SSSR count). The van der Waals surface area contributed by atoms with Crippen LogP contribution in [0.4, 0.5) is 4.39 Å². The lowest BCUT2D eigenvalue weighted by molar-refractivity contribution is -0.145. The van der Waals surface area contributed by atoms with Crippen LogP contribution in [0, 0.1) is 11.7 Å². The fourth-order valence-electron chi connectivity index (χ4n) is 2.55. The number of carbonyl (C=O) groups is 1. The number of rotatable bonds is 5. The molecule has 0 amide bonds. The number of esters is 1. The summed E-state index contributed by atoms with van der Waals surface area (Å²) in [5.74, 6) is -0.475. The molecule has 21 heavy (non-hydrogen) atoms. The Morgan fingerprint density at radius 2 is 2.38 bits per heavy atom. The zero-order valence-electron chi connectivity index (χ0n) is 11.8. The smallest absolute Gasteiger partial charge is 0.309 e. The fraction of sp³-hybridized carbons (Fsp3) is 0.375. The number of hydrogen-bond acceptors (Lipinski definition) is 3. The summed E-state index contributed by atoms with van der Waals surface area (Å²) in [5.41, 5.74) is 1.91. The van der Waals surface area contributed by atoms with E-state index >= 15 is 0 Å². The Morgan fingerprint density at radius 1 is 1.52 bits per heavy atom. The van der Waals surface area contributed by atoms with E-state index in [9.17, 15) is 9.18 Å². The number of nitrogens with zero attached hydrogens (tertiary/aromatic N) is 2. The molecule has 0 N–H and O–H groups in total. The number of carbonyl (C=O) groups excluding carboxylic acids is 1. The first-order valence-corrected chi connectivity index (χ1v) is 7.02. The third-order valence-electron chi connectivity index (χ3n) is 3.89. The van der Waals surface area contributed by atoms with Gasteiger partial charge in [0.1, 0.15) is 5.82 Å². The lowest BCUT2D eigenvalue weighted by atomic mass is 10.1. The number of halogens is 1. The van der Waals surface area contributed by atoms with E-state index in [0.717, 1.165) is 17.7 Å². The van der Waals surface area contributed by atoms with Crippen molar-refractivity contribution in [3.63, 3.8) is 0 Å². The maximum absolute atomic E-state index is 13.2. The predicted octanol–water partition coefficient (Wildman–Crippen LogP) is 2.45. The summed E-state index contributed by atoms with van der Waals surface area (Å²) in [4.78, 5) is 16.0. The van der Waals surface area contributed by atoms with Crippen LogP contribution in [0.15, 0.2) is 36.8 Å². The number of imidazole rings is 1. The SMILES string of the molecule is Cn1cncc1CCOC(=O)[C@H]1C[C@H]1c1cccc(F)c1. The van der Waals surface area contributed by atoms with Gasteiger partial charge in [-0.15, -0.1) is 0 Å². The first-order chi connectivity index (χ1) is 10.1. The average molecular weight is 288 g/mol. The van der Waals surface area contributed by atoms with Crippen molar-refractivity contribution in [1.29, 1.82) is 0 Å². The molecular weight excluding hydrogens is 271 g/mol. The Morgan fingerprint density at radius 3 is 3.10 bits per heavy atom. The summed E-state index contributed by atoms with van der Waals surface area (Å²) < 4.78 is 20.4. The quantitative estimate of drug-likeness (QED) is 0.794. The maximum Gasteiger partial charge on any atom is 0.309 e. The van der Waals surface area contributed by atoms with E-state index in [4.69, 9.17) is 4.74 Å². The second kappa shape index (κ2) is 5.68. The van der Waals surface area contributed by atoms with E-state index in [-0.39, 0.29) is 23.6 Å². The van der Waals surface area contributed by atoms with E-state index in [1.165, 1.54) is 12.1 Å². The van der Waals surface area contributed by atoms with Crippen LogP contribution in [0.5, 0.6) is 0 Å². The van der Waals surface area contributed by atoms with E-state index < -0.39 is 0 Å². The van der Waals surface area contributed by atoms with Crippen LogP contribution in [0.3, 0.4) is 0 Å². The van der Waals surface area contributed by atoms with Gasteiger partial charge in [-0.2, -0.15) is 0 Å². The molecule has 1 heterocycles. The van der Waals surface area contributed by atoms with Crippen molar-refractivity contribution in [2.24, 2.45) is 13.0 Å². The molecule has 0 spiro atoms. The normalized spacial score (nSPS) is 20.3. The lowest BCUT2D eigenvalue weighted by Gasteiger charge is -2.05. The topological polar surface area (TPSA) is 44.1 Å². The molecule has 0 saturated heterocycles. The van der Waals surface area contributed by atoms with Gasteiger partial charge in [0.05, 0.1) is 18.9 Å². The van der Waals surface area contributed by atoms with Crippen LogP contribution >= 0.6 is 0 Å². The number of ether oxygens (including phenoxy) is 1. The standard InChI is InChI=1S/C16H17FN2O2/c1-19-10-18-9-13(19)5-6-21-16(20)15-8-14(15)11-3-2-4-12(17)7-11/h2-4,7,9-10,14-15H,5-6,8H2,1H3/t14-,15-/m0/s1. The van der Waals surface area contributed by atoms with Crippen LogP contribution in [-0.2, 0) is 23.0 Å². The molecule has 1 saturated carbocycles. The lowest BCUT2D eigenvalue weighted by Crippen LogP contribution is -2.11. The summed E-state index contributed by atoms with van der Waals surface area (Å²) in [5, 5.41) is 0. The minimum absolute atomic E-state index is 0.102. The second-order valence-electron chi connectivity index (χ2n) is 5.42. The van der Waals surface area contributed by atoms with Crippen molar-refractivity contribution >= 4 is 5.97 Å². The van der Waals surface area contributed by atoms with Gasteiger partial charge in [-0.25, -0.2) is 9.37 Å². The molecule has 1 aliphatic carbocycles. The minimum atomic E-state index is -0.261. The monoisotopic (exact) mass is 288 g/mol. The molecular formula is C16H17FN2O2. The average Bonchev–Trinajstić information content (AvgIpc) is 3.17. The van der Waals surface area contributed by atoms with Crippen molar-refractivity contribution in [3.8, 4) is 0 Å². The van der Waals surface area contributed by atoms with Crippen molar-refractivity contribution in [2.45, 2.75) is 18.8 Å². The van der Waals surface area contributed by atoms with Gasteiger partial charge in [0.25, 0.3) is 0 Å². The van der Waals surface area contributed by atoms with Crippen LogP contribution in [0.25, 0.3) is 0 Å². The first kappa shape index (κ1) is 13.8. The Labute approximate surface area is 122 Å². The number of benzene rings is 1. The van der Waals surface area contributed by atoms with Crippen LogP contribution in [0.2, 0.25) is 0 Å². The van der Waals surface area contributed by atoms with E-state index in [2.05, 4.69) is 4.98 Å². The summed E-state index contributed by atoms with van der Waals surface area (Å²) >= 11 is 0. The zero-order valence-corrected chi connectivity index (χ0v) is 11.8. The molecule has 1 fully saturated rings. The fourth-order valence-corrected chi connectivity index (χ4v) is 2.55. The number of aromatic nitrogens is 2. The van der Waals surface area contributed by atoms with Crippen LogP contribution in [0.1, 0.15) is 23.6 Å². The minimum Gasteiger partial charge on any atom is -0.465 e. The van der Waals surface area contributed by atoms with E-state index in [0.29, 0.717) is 13.0 Å². The van der Waals surface area contributed by atoms with Crippen molar-refractivity contribution in [1.82, 2.24) is 9.55 Å². The summed E-state index contributed by atoms with van der Waals surface area (Å²) in [6.45, 7) is 0.352. The molecule has 0 radical (unpaired) electrons. The molecule has 1 aliphatic rings. The van der Waals surface area contributed by atoms with Crippen molar-refractivity contribution in [2.75, 3.05) is 6.61 Å². The predicted molar refractivity (Wildman–Crippen MR) is 75.1 cm³/mol. The molecule has 110 valence electrons. The van der Waals surface area contributed by atoms with E-state index in [1.54, 1.807) is 18.6 Å². The van der Waals surface area contributed by atoms with Gasteiger partial charge < -0.3 is 9.30 Å². The van der Waals surface area contributed by atoms with Crippen LogP contribution < -0.4 is 0 Å². The Balaban J connectivity index is 1.48. The third kappa shape index (κ3) is 3.12. The highest BCUT2D eigenvalue weighted by molar-refractivity contribution is 5.77. The van der Waals surface area contributed by atoms with Gasteiger partial charge in [-0.3, -0.25) is 4.79 Å². The van der Waals surface area contributed by atoms with Gasteiger partial charge >= 0.3 is 5.97 Å².